The summed E-state index contributed by atoms with van der Waals surface area (Å²) in [4.78, 5) is 11.3. The van der Waals surface area contributed by atoms with Gasteiger partial charge >= 0.3 is 12.4 Å². The molecule has 0 N–H and O–H groups in total. The summed E-state index contributed by atoms with van der Waals surface area (Å²) in [6.07, 6.45) is -5.35. The molecule has 1 heterocycles. The Balaban J connectivity index is 2.00. The Morgan fingerprint density at radius 3 is 2.23 bits per heavy atom. The number of allylic oxidation sites excluding steroid dienone is 2. The third-order valence-corrected chi connectivity index (χ3v) is 3.09. The zero-order valence-electron chi connectivity index (χ0n) is 13.1. The maximum absolute atomic E-state index is 12.3. The second kappa shape index (κ2) is 7.71. The monoisotopic (exact) mass is 381 g/mol. The molecule has 142 valence electrons. The summed E-state index contributed by atoms with van der Waals surface area (Å²) in [6.45, 7) is -3.88. The average Bonchev–Trinajstić information content (AvgIpc) is 2.95. The number of alkyl halides is 6. The second-order valence-corrected chi connectivity index (χ2v) is 5.26. The van der Waals surface area contributed by atoms with E-state index in [-0.39, 0.29) is 11.7 Å². The van der Waals surface area contributed by atoms with Crippen molar-refractivity contribution in [3.8, 4) is 11.5 Å². The van der Waals surface area contributed by atoms with Gasteiger partial charge < -0.3 is 14.4 Å². The molecule has 0 unspecified atom stereocenters. The van der Waals surface area contributed by atoms with E-state index in [9.17, 15) is 31.1 Å². The molecule has 0 bridgehead atoms. The predicted molar refractivity (Wildman–Crippen MR) is 79.4 cm³/mol. The number of rotatable bonds is 5. The zero-order valence-corrected chi connectivity index (χ0v) is 13.1. The number of amides is 1. The molecule has 1 aliphatic heterocycles. The first-order valence-corrected chi connectivity index (χ1v) is 7.20. The number of hydrogen-bond donors (Lipinski definition) is 0. The Hall–Kier alpha value is -2.65. The highest BCUT2D eigenvalue weighted by Crippen LogP contribution is 2.32. The van der Waals surface area contributed by atoms with Gasteiger partial charge in [0.15, 0.2) is 11.5 Å². The number of benzene rings is 1. The van der Waals surface area contributed by atoms with Crippen molar-refractivity contribution < 1.29 is 40.6 Å². The Labute approximate surface area is 144 Å². The van der Waals surface area contributed by atoms with Crippen LogP contribution in [-0.4, -0.2) is 43.0 Å². The highest BCUT2D eigenvalue weighted by molar-refractivity contribution is 5.88. The van der Waals surface area contributed by atoms with Crippen LogP contribution in [0.4, 0.5) is 26.3 Å². The van der Waals surface area contributed by atoms with E-state index in [0.717, 1.165) is 6.08 Å². The van der Waals surface area contributed by atoms with Gasteiger partial charge in [0.1, 0.15) is 13.1 Å². The third-order valence-electron chi connectivity index (χ3n) is 3.09. The lowest BCUT2D eigenvalue weighted by molar-refractivity contribution is -0.185. The van der Waals surface area contributed by atoms with Crippen LogP contribution in [0.5, 0.6) is 11.5 Å². The van der Waals surface area contributed by atoms with Crippen molar-refractivity contribution in [1.82, 2.24) is 4.90 Å². The standard InChI is InChI=1S/C16H13F6NO3/c17-15(18,19)8-23(9-16(20,21)22)14(24)4-2-1-3-11-5-6-12-13(7-11)26-10-25-12/h1-7H,8-10H2/b3-1+,4-2+. The molecule has 1 amide bonds. The molecule has 26 heavy (non-hydrogen) atoms. The SMILES string of the molecule is O=C(/C=C/C=C/c1ccc2c(c1)OCO2)N(CC(F)(F)F)CC(F)(F)F. The van der Waals surface area contributed by atoms with E-state index in [1.807, 2.05) is 0 Å². The van der Waals surface area contributed by atoms with Gasteiger partial charge in [-0.15, -0.1) is 0 Å². The fourth-order valence-corrected chi connectivity index (χ4v) is 2.07. The molecule has 0 radical (unpaired) electrons. The van der Waals surface area contributed by atoms with Crippen molar-refractivity contribution >= 4 is 12.0 Å². The average molecular weight is 381 g/mol. The van der Waals surface area contributed by atoms with Gasteiger partial charge in [-0.25, -0.2) is 0 Å². The Bertz CT molecular complexity index is 693. The summed E-state index contributed by atoms with van der Waals surface area (Å²) in [5.41, 5.74) is 0.647. The number of ether oxygens (including phenoxy) is 2. The van der Waals surface area contributed by atoms with E-state index in [2.05, 4.69) is 0 Å². The summed E-state index contributed by atoms with van der Waals surface area (Å²) >= 11 is 0. The van der Waals surface area contributed by atoms with Gasteiger partial charge in [0, 0.05) is 6.08 Å². The number of fused-ring (bicyclic) bond motifs is 1. The lowest BCUT2D eigenvalue weighted by atomic mass is 10.2. The Morgan fingerprint density at radius 2 is 1.62 bits per heavy atom. The molecule has 4 nitrogen and oxygen atoms in total. The van der Waals surface area contributed by atoms with Gasteiger partial charge in [0.05, 0.1) is 0 Å². The number of halogens is 6. The predicted octanol–water partition coefficient (Wildman–Crippen LogP) is 3.94. The first-order valence-electron chi connectivity index (χ1n) is 7.20. The minimum absolute atomic E-state index is 0.0884. The van der Waals surface area contributed by atoms with Crippen molar-refractivity contribution in [1.29, 1.82) is 0 Å². The highest BCUT2D eigenvalue weighted by atomic mass is 19.4. The summed E-state index contributed by atoms with van der Waals surface area (Å²) in [6, 6.07) is 4.94. The van der Waals surface area contributed by atoms with Crippen molar-refractivity contribution in [3.05, 3.63) is 42.0 Å². The summed E-state index contributed by atoms with van der Waals surface area (Å²) < 4.78 is 84.3. The van der Waals surface area contributed by atoms with Gasteiger partial charge in [0.2, 0.25) is 12.7 Å². The number of nitrogens with zero attached hydrogens (tertiary/aromatic N) is 1. The summed E-state index contributed by atoms with van der Waals surface area (Å²) in [5.74, 6) is -0.327. The van der Waals surface area contributed by atoms with Crippen LogP contribution in [0.15, 0.2) is 36.4 Å². The first kappa shape index (κ1) is 19.7. The quantitative estimate of drug-likeness (QED) is 0.441. The van der Waals surface area contributed by atoms with E-state index in [1.165, 1.54) is 12.2 Å². The van der Waals surface area contributed by atoms with E-state index in [1.54, 1.807) is 18.2 Å². The van der Waals surface area contributed by atoms with Crippen LogP contribution in [0.3, 0.4) is 0 Å². The van der Waals surface area contributed by atoms with E-state index in [0.29, 0.717) is 23.1 Å². The van der Waals surface area contributed by atoms with Crippen molar-refractivity contribution in [3.63, 3.8) is 0 Å². The van der Waals surface area contributed by atoms with Crippen LogP contribution in [0.2, 0.25) is 0 Å². The van der Waals surface area contributed by atoms with Crippen molar-refractivity contribution in [2.24, 2.45) is 0 Å². The van der Waals surface area contributed by atoms with Gasteiger partial charge in [0.25, 0.3) is 0 Å². The lowest BCUT2D eigenvalue weighted by Gasteiger charge is -2.23. The molecule has 0 aliphatic carbocycles. The largest absolute Gasteiger partial charge is 0.454 e. The molecule has 1 aromatic rings. The summed E-state index contributed by atoms with van der Waals surface area (Å²) in [5, 5.41) is 0. The molecule has 0 aromatic heterocycles. The fourth-order valence-electron chi connectivity index (χ4n) is 2.07. The number of carbonyl (C=O) groups is 1. The van der Waals surface area contributed by atoms with Gasteiger partial charge in [-0.05, 0) is 17.7 Å². The molecule has 0 spiro atoms. The molecule has 0 saturated heterocycles. The smallest absolute Gasteiger partial charge is 0.406 e. The first-order chi connectivity index (χ1) is 12.0. The van der Waals surface area contributed by atoms with E-state index < -0.39 is 31.3 Å². The lowest BCUT2D eigenvalue weighted by Crippen LogP contribution is -2.43. The Kier molecular flexibility index (Phi) is 5.83. The van der Waals surface area contributed by atoms with E-state index >= 15 is 0 Å². The molecule has 0 saturated carbocycles. The minimum atomic E-state index is -4.93. The normalized spacial score (nSPS) is 14.4. The molecule has 0 atom stereocenters. The zero-order chi connectivity index (χ0) is 19.4. The maximum Gasteiger partial charge on any atom is 0.406 e. The molecule has 0 fully saturated rings. The van der Waals surface area contributed by atoms with Gasteiger partial charge in [-0.3, -0.25) is 4.79 Å². The fraction of sp³-hybridized carbons (Fsp3) is 0.312. The second-order valence-electron chi connectivity index (χ2n) is 5.26. The van der Waals surface area contributed by atoms with Gasteiger partial charge in [-0.1, -0.05) is 24.3 Å². The van der Waals surface area contributed by atoms with Crippen molar-refractivity contribution in [2.45, 2.75) is 12.4 Å². The molecular formula is C16H13F6NO3. The highest BCUT2D eigenvalue weighted by Gasteiger charge is 2.38. The Morgan fingerprint density at radius 1 is 1.00 bits per heavy atom. The molecule has 1 aliphatic rings. The molecular weight excluding hydrogens is 368 g/mol. The van der Waals surface area contributed by atoms with Crippen molar-refractivity contribution in [2.75, 3.05) is 19.9 Å². The van der Waals surface area contributed by atoms with Crippen LogP contribution in [-0.2, 0) is 4.79 Å². The number of carbonyl (C=O) groups excluding carboxylic acids is 1. The van der Waals surface area contributed by atoms with Crippen LogP contribution in [0.25, 0.3) is 6.08 Å². The maximum atomic E-state index is 12.3. The number of hydrogen-bond acceptors (Lipinski definition) is 3. The topological polar surface area (TPSA) is 38.8 Å². The molecule has 10 heteroatoms. The molecule has 1 aromatic carbocycles. The third kappa shape index (κ3) is 6.34. The van der Waals surface area contributed by atoms with Crippen LogP contribution in [0, 0.1) is 0 Å². The van der Waals surface area contributed by atoms with Crippen LogP contribution < -0.4 is 9.47 Å². The van der Waals surface area contributed by atoms with E-state index in [4.69, 9.17) is 9.47 Å². The van der Waals surface area contributed by atoms with Crippen LogP contribution in [0.1, 0.15) is 5.56 Å². The van der Waals surface area contributed by atoms with Gasteiger partial charge in [-0.2, -0.15) is 26.3 Å². The molecule has 2 rings (SSSR count). The minimum Gasteiger partial charge on any atom is -0.454 e. The summed E-state index contributed by atoms with van der Waals surface area (Å²) in [7, 11) is 0. The van der Waals surface area contributed by atoms with Crippen LogP contribution >= 0.6 is 0 Å².